The van der Waals surface area contributed by atoms with Gasteiger partial charge >= 0.3 is 0 Å². The number of hydrogen-bond donors (Lipinski definition) is 1. The standard InChI is InChI=1S/C16H9FN2O/c1-2-10-7-8-11(9-13(10)17)15-18-14-6-4-3-5-12(14)16(20)19-15/h1,3-9H,(H,18,19,20). The zero-order valence-corrected chi connectivity index (χ0v) is 10.4. The molecule has 3 nitrogen and oxygen atoms in total. The summed E-state index contributed by atoms with van der Waals surface area (Å²) in [4.78, 5) is 18.9. The molecule has 0 aliphatic heterocycles. The Bertz CT molecular complexity index is 906. The average molecular weight is 264 g/mol. The van der Waals surface area contributed by atoms with Gasteiger partial charge in [0.15, 0.2) is 0 Å². The van der Waals surface area contributed by atoms with Gasteiger partial charge in [-0.25, -0.2) is 9.37 Å². The number of terminal acetylenes is 1. The van der Waals surface area contributed by atoms with Gasteiger partial charge in [-0.2, -0.15) is 0 Å². The number of nitrogens with one attached hydrogen (secondary N) is 1. The Labute approximate surface area is 114 Å². The first-order valence-electron chi connectivity index (χ1n) is 5.94. The van der Waals surface area contributed by atoms with E-state index in [1.54, 1.807) is 30.3 Å². The zero-order valence-electron chi connectivity index (χ0n) is 10.4. The molecule has 1 N–H and O–H groups in total. The summed E-state index contributed by atoms with van der Waals surface area (Å²) in [6, 6.07) is 11.4. The summed E-state index contributed by atoms with van der Waals surface area (Å²) < 4.78 is 13.7. The molecule has 0 unspecified atom stereocenters. The summed E-state index contributed by atoms with van der Waals surface area (Å²) in [5, 5.41) is 0.497. The summed E-state index contributed by atoms with van der Waals surface area (Å²) >= 11 is 0. The van der Waals surface area contributed by atoms with Crippen LogP contribution in [0.2, 0.25) is 0 Å². The van der Waals surface area contributed by atoms with Crippen molar-refractivity contribution in [2.24, 2.45) is 0 Å². The molecule has 1 aromatic heterocycles. The highest BCUT2D eigenvalue weighted by atomic mass is 19.1. The van der Waals surface area contributed by atoms with Crippen molar-refractivity contribution in [3.8, 4) is 23.7 Å². The SMILES string of the molecule is C#Cc1ccc(-c2nc3ccccc3c(=O)[nH]2)cc1F. The second-order valence-corrected chi connectivity index (χ2v) is 4.27. The Kier molecular flexibility index (Phi) is 2.81. The van der Waals surface area contributed by atoms with Crippen LogP contribution < -0.4 is 5.56 Å². The van der Waals surface area contributed by atoms with E-state index in [9.17, 15) is 9.18 Å². The summed E-state index contributed by atoms with van der Waals surface area (Å²) in [7, 11) is 0. The molecule has 4 heteroatoms. The predicted molar refractivity (Wildman–Crippen MR) is 75.7 cm³/mol. The minimum Gasteiger partial charge on any atom is -0.306 e. The molecule has 0 spiro atoms. The largest absolute Gasteiger partial charge is 0.306 e. The Morgan fingerprint density at radius 1 is 1.20 bits per heavy atom. The first kappa shape index (κ1) is 12.1. The van der Waals surface area contributed by atoms with Gasteiger partial charge in [0.2, 0.25) is 0 Å². The Morgan fingerprint density at radius 2 is 2.00 bits per heavy atom. The van der Waals surface area contributed by atoms with Crippen LogP contribution in [0.15, 0.2) is 47.3 Å². The van der Waals surface area contributed by atoms with Crippen LogP contribution in [0.5, 0.6) is 0 Å². The molecule has 0 amide bonds. The molecule has 0 radical (unpaired) electrons. The topological polar surface area (TPSA) is 45.8 Å². The molecule has 20 heavy (non-hydrogen) atoms. The van der Waals surface area contributed by atoms with Crippen molar-refractivity contribution >= 4 is 10.9 Å². The van der Waals surface area contributed by atoms with E-state index in [-0.39, 0.29) is 11.1 Å². The maximum absolute atomic E-state index is 13.7. The lowest BCUT2D eigenvalue weighted by atomic mass is 10.1. The van der Waals surface area contributed by atoms with Gasteiger partial charge in [0.25, 0.3) is 5.56 Å². The van der Waals surface area contributed by atoms with Gasteiger partial charge in [-0.15, -0.1) is 6.42 Å². The summed E-state index contributed by atoms with van der Waals surface area (Å²) in [5.74, 6) is 2.05. The number of para-hydroxylation sites is 1. The van der Waals surface area contributed by atoms with Crippen molar-refractivity contribution in [1.29, 1.82) is 0 Å². The number of hydrogen-bond acceptors (Lipinski definition) is 2. The molecule has 0 bridgehead atoms. The van der Waals surface area contributed by atoms with Crippen LogP contribution in [-0.4, -0.2) is 9.97 Å². The van der Waals surface area contributed by atoms with Gasteiger partial charge < -0.3 is 4.98 Å². The number of H-pyrrole nitrogens is 1. The second kappa shape index (κ2) is 4.63. The molecule has 96 valence electrons. The summed E-state index contributed by atoms with van der Waals surface area (Å²) in [6.45, 7) is 0. The lowest BCUT2D eigenvalue weighted by Gasteiger charge is -2.04. The lowest BCUT2D eigenvalue weighted by Crippen LogP contribution is -2.09. The summed E-state index contributed by atoms with van der Waals surface area (Å²) in [6.07, 6.45) is 5.17. The number of rotatable bonds is 1. The molecular formula is C16H9FN2O. The first-order chi connectivity index (χ1) is 9.69. The van der Waals surface area contributed by atoms with Crippen LogP contribution in [0.4, 0.5) is 4.39 Å². The van der Waals surface area contributed by atoms with Gasteiger partial charge in [0.05, 0.1) is 16.5 Å². The number of fused-ring (bicyclic) bond motifs is 1. The molecule has 1 heterocycles. The first-order valence-corrected chi connectivity index (χ1v) is 5.94. The smallest absolute Gasteiger partial charge is 0.259 e. The molecular weight excluding hydrogens is 255 g/mol. The molecule has 0 fully saturated rings. The van der Waals surface area contributed by atoms with Crippen molar-refractivity contribution in [2.75, 3.05) is 0 Å². The van der Waals surface area contributed by atoms with Gasteiger partial charge in [-0.3, -0.25) is 4.79 Å². The molecule has 0 saturated carbocycles. The van der Waals surface area contributed by atoms with Gasteiger partial charge in [-0.1, -0.05) is 18.1 Å². The number of nitrogens with zero attached hydrogens (tertiary/aromatic N) is 1. The van der Waals surface area contributed by atoms with Gasteiger partial charge in [0.1, 0.15) is 11.6 Å². The second-order valence-electron chi connectivity index (χ2n) is 4.27. The highest BCUT2D eigenvalue weighted by Gasteiger charge is 2.08. The fourth-order valence-corrected chi connectivity index (χ4v) is 2.00. The molecule has 0 atom stereocenters. The molecule has 3 rings (SSSR count). The molecule has 0 aliphatic rings. The third kappa shape index (κ3) is 1.95. The third-order valence-corrected chi connectivity index (χ3v) is 3.01. The van der Waals surface area contributed by atoms with Gasteiger partial charge in [0, 0.05) is 5.56 Å². The van der Waals surface area contributed by atoms with E-state index in [0.29, 0.717) is 22.3 Å². The average Bonchev–Trinajstić information content (AvgIpc) is 2.47. The van der Waals surface area contributed by atoms with Crippen molar-refractivity contribution < 1.29 is 4.39 Å². The molecule has 3 aromatic rings. The normalized spacial score (nSPS) is 10.4. The maximum atomic E-state index is 13.7. The van der Waals surface area contributed by atoms with E-state index < -0.39 is 5.82 Å². The fraction of sp³-hybridized carbons (Fsp3) is 0. The molecule has 0 saturated heterocycles. The van der Waals surface area contributed by atoms with Crippen molar-refractivity contribution in [1.82, 2.24) is 9.97 Å². The summed E-state index contributed by atoms with van der Waals surface area (Å²) in [5.41, 5.74) is 0.959. The van der Waals surface area contributed by atoms with E-state index in [4.69, 9.17) is 6.42 Å². The monoisotopic (exact) mass is 264 g/mol. The van der Waals surface area contributed by atoms with Crippen LogP contribution in [0.3, 0.4) is 0 Å². The van der Waals surface area contributed by atoms with E-state index >= 15 is 0 Å². The van der Waals surface area contributed by atoms with Crippen molar-refractivity contribution in [3.05, 3.63) is 64.2 Å². The maximum Gasteiger partial charge on any atom is 0.259 e. The van der Waals surface area contributed by atoms with Crippen LogP contribution >= 0.6 is 0 Å². The molecule has 0 aliphatic carbocycles. The number of aromatic amines is 1. The fourth-order valence-electron chi connectivity index (χ4n) is 2.00. The Balaban J connectivity index is 2.23. The minimum absolute atomic E-state index is 0.178. The van der Waals surface area contributed by atoms with E-state index in [0.717, 1.165) is 0 Å². The highest BCUT2D eigenvalue weighted by molar-refractivity contribution is 5.79. The Morgan fingerprint density at radius 3 is 2.75 bits per heavy atom. The number of benzene rings is 2. The van der Waals surface area contributed by atoms with Gasteiger partial charge in [-0.05, 0) is 30.3 Å². The highest BCUT2D eigenvalue weighted by Crippen LogP contribution is 2.19. The van der Waals surface area contributed by atoms with E-state index in [1.807, 2.05) is 0 Å². The van der Waals surface area contributed by atoms with Crippen molar-refractivity contribution in [2.45, 2.75) is 0 Å². The third-order valence-electron chi connectivity index (χ3n) is 3.01. The van der Waals surface area contributed by atoms with E-state index in [1.165, 1.54) is 12.1 Å². The molecule has 2 aromatic carbocycles. The van der Waals surface area contributed by atoms with E-state index in [2.05, 4.69) is 15.9 Å². The predicted octanol–water partition coefficient (Wildman–Crippen LogP) is 2.71. The van der Waals surface area contributed by atoms with Crippen LogP contribution in [-0.2, 0) is 0 Å². The number of aromatic nitrogens is 2. The number of halogens is 1. The van der Waals surface area contributed by atoms with Crippen molar-refractivity contribution in [3.63, 3.8) is 0 Å². The minimum atomic E-state index is -0.513. The van der Waals surface area contributed by atoms with Crippen LogP contribution in [0.1, 0.15) is 5.56 Å². The van der Waals surface area contributed by atoms with Crippen LogP contribution in [0, 0.1) is 18.2 Å². The lowest BCUT2D eigenvalue weighted by molar-refractivity contribution is 0.625. The quantitative estimate of drug-likeness (QED) is 0.687. The van der Waals surface area contributed by atoms with Crippen LogP contribution in [0.25, 0.3) is 22.3 Å². The Hall–Kier alpha value is -2.93. The zero-order chi connectivity index (χ0) is 14.1.